The molecule has 0 N–H and O–H groups in total. The molecule has 2 aromatic carbocycles. The van der Waals surface area contributed by atoms with Gasteiger partial charge in [-0.05, 0) is 37.1 Å². The number of carbonyl (C=O) groups is 1. The van der Waals surface area contributed by atoms with E-state index in [-0.39, 0.29) is 12.0 Å². The summed E-state index contributed by atoms with van der Waals surface area (Å²) >= 11 is 0. The van der Waals surface area contributed by atoms with E-state index in [1.165, 1.54) is 0 Å². The van der Waals surface area contributed by atoms with Crippen molar-refractivity contribution < 1.29 is 18.8 Å². The number of hydrogen-bond donors (Lipinski definition) is 0. The molecule has 1 atom stereocenters. The lowest BCUT2D eigenvalue weighted by atomic mass is 10.1. The van der Waals surface area contributed by atoms with E-state index in [4.69, 9.17) is 14.0 Å². The third-order valence-electron chi connectivity index (χ3n) is 5.02. The first-order valence-corrected chi connectivity index (χ1v) is 9.79. The number of nitrogens with zero attached hydrogens (tertiary/aromatic N) is 2. The van der Waals surface area contributed by atoms with E-state index in [2.05, 4.69) is 5.16 Å². The maximum absolute atomic E-state index is 13.1. The molecule has 0 saturated carbocycles. The molecule has 1 aromatic heterocycles. The minimum absolute atomic E-state index is 0.0352. The van der Waals surface area contributed by atoms with Gasteiger partial charge in [-0.1, -0.05) is 35.5 Å². The molecular weight excluding hydrogens is 368 g/mol. The van der Waals surface area contributed by atoms with Crippen LogP contribution in [0.15, 0.2) is 65.2 Å². The Bertz CT molecular complexity index is 948. The van der Waals surface area contributed by atoms with Gasteiger partial charge in [-0.15, -0.1) is 0 Å². The van der Waals surface area contributed by atoms with Crippen molar-refractivity contribution >= 4 is 5.91 Å². The fraction of sp³-hybridized carbons (Fsp3) is 0.304. The van der Waals surface area contributed by atoms with E-state index in [9.17, 15) is 4.79 Å². The topological polar surface area (TPSA) is 64.8 Å². The summed E-state index contributed by atoms with van der Waals surface area (Å²) in [6.07, 6.45) is 2.06. The predicted molar refractivity (Wildman–Crippen MR) is 109 cm³/mol. The van der Waals surface area contributed by atoms with Crippen LogP contribution in [0.25, 0.3) is 11.3 Å². The average molecular weight is 392 g/mol. The minimum atomic E-state index is -0.0352. The highest BCUT2D eigenvalue weighted by Crippen LogP contribution is 2.25. The first-order valence-electron chi connectivity index (χ1n) is 9.79. The molecule has 6 nitrogen and oxygen atoms in total. The van der Waals surface area contributed by atoms with Gasteiger partial charge < -0.3 is 18.9 Å². The van der Waals surface area contributed by atoms with Crippen molar-refractivity contribution in [2.75, 3.05) is 20.3 Å². The van der Waals surface area contributed by atoms with Gasteiger partial charge in [0.25, 0.3) is 5.91 Å². The van der Waals surface area contributed by atoms with Gasteiger partial charge in [0.15, 0.2) is 5.76 Å². The summed E-state index contributed by atoms with van der Waals surface area (Å²) in [4.78, 5) is 14.9. The number of amides is 1. The number of methoxy groups -OCH3 is 1. The number of rotatable bonds is 7. The van der Waals surface area contributed by atoms with Crippen molar-refractivity contribution in [2.45, 2.75) is 25.5 Å². The largest absolute Gasteiger partial charge is 0.497 e. The Morgan fingerprint density at radius 1 is 1.17 bits per heavy atom. The van der Waals surface area contributed by atoms with Gasteiger partial charge >= 0.3 is 0 Å². The van der Waals surface area contributed by atoms with Crippen LogP contribution in [0.2, 0.25) is 0 Å². The van der Waals surface area contributed by atoms with Crippen LogP contribution < -0.4 is 4.74 Å². The monoisotopic (exact) mass is 392 g/mol. The van der Waals surface area contributed by atoms with E-state index in [1.54, 1.807) is 12.0 Å². The fourth-order valence-corrected chi connectivity index (χ4v) is 3.51. The molecule has 29 heavy (non-hydrogen) atoms. The summed E-state index contributed by atoms with van der Waals surface area (Å²) < 4.78 is 16.6. The van der Waals surface area contributed by atoms with Crippen molar-refractivity contribution in [1.29, 1.82) is 0 Å². The lowest BCUT2D eigenvalue weighted by molar-refractivity contribution is 0.0502. The lowest BCUT2D eigenvalue weighted by Crippen LogP contribution is -2.37. The molecule has 1 aliphatic rings. The number of aromatic nitrogens is 1. The van der Waals surface area contributed by atoms with Gasteiger partial charge in [-0.2, -0.15) is 0 Å². The molecule has 0 bridgehead atoms. The van der Waals surface area contributed by atoms with Crippen molar-refractivity contribution in [3.63, 3.8) is 0 Å². The molecule has 1 saturated heterocycles. The zero-order valence-electron chi connectivity index (χ0n) is 16.4. The van der Waals surface area contributed by atoms with Gasteiger partial charge in [-0.3, -0.25) is 4.79 Å². The Hall–Kier alpha value is -3.12. The Balaban J connectivity index is 1.54. The standard InChI is InChI=1S/C23H24N2O4/c1-27-20-10-5-9-18(13-20)22-14-19(24-29-22)15-25(16-21-11-6-12-28-21)23(26)17-7-3-2-4-8-17/h2-5,7-10,13-14,21H,6,11-12,15-16H2,1H3/t21-/m0/s1. The Morgan fingerprint density at radius 2 is 2.03 bits per heavy atom. The van der Waals surface area contributed by atoms with Crippen molar-refractivity contribution in [1.82, 2.24) is 10.1 Å². The van der Waals surface area contributed by atoms with Crippen LogP contribution in [-0.4, -0.2) is 42.3 Å². The van der Waals surface area contributed by atoms with Gasteiger partial charge in [0.05, 0.1) is 19.8 Å². The molecule has 1 aliphatic heterocycles. The van der Waals surface area contributed by atoms with Crippen LogP contribution in [0.4, 0.5) is 0 Å². The maximum Gasteiger partial charge on any atom is 0.254 e. The molecule has 150 valence electrons. The number of carbonyl (C=O) groups excluding carboxylic acids is 1. The molecule has 0 unspecified atom stereocenters. The smallest absolute Gasteiger partial charge is 0.254 e. The number of benzene rings is 2. The Morgan fingerprint density at radius 3 is 2.79 bits per heavy atom. The number of hydrogen-bond acceptors (Lipinski definition) is 5. The molecule has 1 fully saturated rings. The van der Waals surface area contributed by atoms with Crippen LogP contribution in [-0.2, 0) is 11.3 Å². The summed E-state index contributed by atoms with van der Waals surface area (Å²) in [6.45, 7) is 1.65. The highest BCUT2D eigenvalue weighted by Gasteiger charge is 2.24. The molecule has 2 heterocycles. The van der Waals surface area contributed by atoms with Crippen LogP contribution in [0.3, 0.4) is 0 Å². The normalized spacial score (nSPS) is 16.0. The van der Waals surface area contributed by atoms with E-state index < -0.39 is 0 Å². The van der Waals surface area contributed by atoms with E-state index in [0.717, 1.165) is 30.8 Å². The van der Waals surface area contributed by atoms with E-state index in [0.29, 0.717) is 30.1 Å². The first-order chi connectivity index (χ1) is 14.2. The zero-order chi connectivity index (χ0) is 20.1. The SMILES string of the molecule is COc1cccc(-c2cc(CN(C[C@@H]3CCCO3)C(=O)c3ccccc3)no2)c1. The summed E-state index contributed by atoms with van der Waals surface area (Å²) in [5.74, 6) is 1.36. The predicted octanol–water partition coefficient (Wildman–Crippen LogP) is 4.17. The fourth-order valence-electron chi connectivity index (χ4n) is 3.51. The molecule has 0 radical (unpaired) electrons. The molecule has 0 spiro atoms. The lowest BCUT2D eigenvalue weighted by Gasteiger charge is -2.24. The average Bonchev–Trinajstić information content (AvgIpc) is 3.46. The highest BCUT2D eigenvalue weighted by atomic mass is 16.5. The summed E-state index contributed by atoms with van der Waals surface area (Å²) in [6, 6.07) is 18.8. The molecule has 4 rings (SSSR count). The molecular formula is C23H24N2O4. The number of ether oxygens (including phenoxy) is 2. The first kappa shape index (κ1) is 19.2. The molecule has 1 amide bonds. The van der Waals surface area contributed by atoms with E-state index >= 15 is 0 Å². The second-order valence-electron chi connectivity index (χ2n) is 7.10. The summed E-state index contributed by atoms with van der Waals surface area (Å²) in [5.41, 5.74) is 2.23. The van der Waals surface area contributed by atoms with Gasteiger partial charge in [0.2, 0.25) is 0 Å². The van der Waals surface area contributed by atoms with Crippen LogP contribution in [0.5, 0.6) is 5.75 Å². The third-order valence-corrected chi connectivity index (χ3v) is 5.02. The second-order valence-corrected chi connectivity index (χ2v) is 7.10. The summed E-state index contributed by atoms with van der Waals surface area (Å²) in [7, 11) is 1.63. The third kappa shape index (κ3) is 4.66. The van der Waals surface area contributed by atoms with Crippen molar-refractivity contribution in [3.8, 4) is 17.1 Å². The quantitative estimate of drug-likeness (QED) is 0.604. The van der Waals surface area contributed by atoms with E-state index in [1.807, 2.05) is 60.7 Å². The van der Waals surface area contributed by atoms with Crippen LogP contribution in [0.1, 0.15) is 28.9 Å². The van der Waals surface area contributed by atoms with Crippen molar-refractivity contribution in [3.05, 3.63) is 71.9 Å². The Kier molecular flexibility index (Phi) is 5.91. The van der Waals surface area contributed by atoms with Crippen molar-refractivity contribution in [2.24, 2.45) is 0 Å². The van der Waals surface area contributed by atoms with Crippen LogP contribution >= 0.6 is 0 Å². The molecule has 0 aliphatic carbocycles. The summed E-state index contributed by atoms with van der Waals surface area (Å²) in [5, 5.41) is 4.19. The molecule has 3 aromatic rings. The van der Waals surface area contributed by atoms with Crippen LogP contribution in [0, 0.1) is 0 Å². The van der Waals surface area contributed by atoms with Gasteiger partial charge in [-0.25, -0.2) is 0 Å². The molecule has 6 heteroatoms. The van der Waals surface area contributed by atoms with Gasteiger partial charge in [0, 0.05) is 30.3 Å². The maximum atomic E-state index is 13.1. The highest BCUT2D eigenvalue weighted by molar-refractivity contribution is 5.94. The Labute approximate surface area is 170 Å². The minimum Gasteiger partial charge on any atom is -0.497 e. The zero-order valence-corrected chi connectivity index (χ0v) is 16.4. The van der Waals surface area contributed by atoms with Gasteiger partial charge in [0.1, 0.15) is 11.4 Å². The second kappa shape index (κ2) is 8.92.